The monoisotopic (exact) mass is 321 g/mol. The van der Waals surface area contributed by atoms with Crippen molar-refractivity contribution < 1.29 is 9.53 Å². The van der Waals surface area contributed by atoms with Crippen molar-refractivity contribution in [3.63, 3.8) is 0 Å². The Morgan fingerprint density at radius 1 is 0.875 bits per heavy atom. The molecule has 124 valence electrons. The average Bonchev–Trinajstić information content (AvgIpc) is 2.78. The molecule has 0 unspecified atom stereocenters. The molecular weight excluding hydrogens is 298 g/mol. The third-order valence-corrected chi connectivity index (χ3v) is 5.20. The molecule has 1 heterocycles. The van der Waals surface area contributed by atoms with Crippen LogP contribution in [0, 0.1) is 0 Å². The Morgan fingerprint density at radius 2 is 1.42 bits per heavy atom. The second-order valence-corrected chi connectivity index (χ2v) is 6.71. The zero-order valence-electron chi connectivity index (χ0n) is 13.9. The predicted octanol–water partition coefficient (Wildman–Crippen LogP) is 4.81. The van der Waals surface area contributed by atoms with E-state index >= 15 is 0 Å². The number of rotatable bonds is 2. The Hall–Kier alpha value is -2.29. The van der Waals surface area contributed by atoms with Gasteiger partial charge in [-0.25, -0.2) is 4.79 Å². The van der Waals surface area contributed by atoms with Crippen LogP contribution in [0.15, 0.2) is 48.5 Å². The summed E-state index contributed by atoms with van der Waals surface area (Å²) in [4.78, 5) is 14.3. The maximum Gasteiger partial charge on any atom is 0.409 e. The van der Waals surface area contributed by atoms with Crippen LogP contribution in [0.3, 0.4) is 0 Å². The van der Waals surface area contributed by atoms with Gasteiger partial charge in [0, 0.05) is 19.0 Å². The summed E-state index contributed by atoms with van der Waals surface area (Å²) in [5.41, 5.74) is 5.07. The van der Waals surface area contributed by atoms with E-state index in [0.717, 1.165) is 25.9 Å². The van der Waals surface area contributed by atoms with E-state index in [0.29, 0.717) is 6.61 Å². The highest BCUT2D eigenvalue weighted by Gasteiger charge is 2.29. The van der Waals surface area contributed by atoms with Crippen LogP contribution in [0.1, 0.15) is 42.7 Å². The number of hydrogen-bond donors (Lipinski definition) is 0. The predicted molar refractivity (Wildman–Crippen MR) is 95.1 cm³/mol. The zero-order chi connectivity index (χ0) is 16.4. The molecule has 1 aliphatic carbocycles. The Kier molecular flexibility index (Phi) is 4.24. The number of likely N-dealkylation sites (tertiary alicyclic amines) is 1. The maximum absolute atomic E-state index is 12.4. The van der Waals surface area contributed by atoms with E-state index < -0.39 is 0 Å². The molecule has 3 heteroatoms. The van der Waals surface area contributed by atoms with Crippen molar-refractivity contribution in [1.29, 1.82) is 0 Å². The lowest BCUT2D eigenvalue weighted by Gasteiger charge is -2.21. The topological polar surface area (TPSA) is 29.5 Å². The molecule has 0 aromatic heterocycles. The van der Waals surface area contributed by atoms with Crippen molar-refractivity contribution in [3.05, 3.63) is 59.7 Å². The van der Waals surface area contributed by atoms with Crippen LogP contribution in [0.25, 0.3) is 11.1 Å². The van der Waals surface area contributed by atoms with Crippen LogP contribution in [0.5, 0.6) is 0 Å². The first-order valence-corrected chi connectivity index (χ1v) is 8.94. The van der Waals surface area contributed by atoms with Gasteiger partial charge in [-0.2, -0.15) is 0 Å². The highest BCUT2D eigenvalue weighted by Crippen LogP contribution is 2.44. The van der Waals surface area contributed by atoms with Gasteiger partial charge >= 0.3 is 6.09 Å². The van der Waals surface area contributed by atoms with Crippen LogP contribution in [-0.4, -0.2) is 30.7 Å². The van der Waals surface area contributed by atoms with Gasteiger partial charge in [0.1, 0.15) is 6.61 Å². The molecule has 2 aliphatic rings. The summed E-state index contributed by atoms with van der Waals surface area (Å²) >= 11 is 0. The molecule has 0 N–H and O–H groups in total. The molecule has 24 heavy (non-hydrogen) atoms. The number of hydrogen-bond acceptors (Lipinski definition) is 2. The van der Waals surface area contributed by atoms with Gasteiger partial charge in [0.25, 0.3) is 0 Å². The van der Waals surface area contributed by atoms with Gasteiger partial charge in [0.15, 0.2) is 0 Å². The third kappa shape index (κ3) is 2.79. The summed E-state index contributed by atoms with van der Waals surface area (Å²) in [5.74, 6) is 0.147. The summed E-state index contributed by atoms with van der Waals surface area (Å²) in [5, 5.41) is 0. The van der Waals surface area contributed by atoms with E-state index in [1.807, 2.05) is 4.90 Å². The van der Waals surface area contributed by atoms with Crippen molar-refractivity contribution in [2.75, 3.05) is 19.7 Å². The van der Waals surface area contributed by atoms with Crippen molar-refractivity contribution in [2.24, 2.45) is 0 Å². The SMILES string of the molecule is O=C(OCC1c2ccccc2-c2ccccc21)N1CCCCCC1. The minimum Gasteiger partial charge on any atom is -0.448 e. The van der Waals surface area contributed by atoms with Crippen LogP contribution in [0.4, 0.5) is 4.79 Å². The van der Waals surface area contributed by atoms with Gasteiger partial charge in [-0.05, 0) is 35.1 Å². The number of fused-ring (bicyclic) bond motifs is 3. The van der Waals surface area contributed by atoms with E-state index in [1.54, 1.807) is 0 Å². The molecule has 0 spiro atoms. The fourth-order valence-electron chi connectivity index (χ4n) is 3.94. The van der Waals surface area contributed by atoms with Crippen molar-refractivity contribution in [3.8, 4) is 11.1 Å². The third-order valence-electron chi connectivity index (χ3n) is 5.20. The molecule has 0 atom stereocenters. The number of ether oxygens (including phenoxy) is 1. The van der Waals surface area contributed by atoms with Crippen LogP contribution in [-0.2, 0) is 4.74 Å². The molecule has 3 nitrogen and oxygen atoms in total. The minimum absolute atomic E-state index is 0.147. The first kappa shape index (κ1) is 15.3. The average molecular weight is 321 g/mol. The summed E-state index contributed by atoms with van der Waals surface area (Å²) in [6, 6.07) is 16.9. The smallest absolute Gasteiger partial charge is 0.409 e. The highest BCUT2D eigenvalue weighted by atomic mass is 16.6. The first-order valence-electron chi connectivity index (χ1n) is 8.94. The van der Waals surface area contributed by atoms with E-state index in [9.17, 15) is 4.79 Å². The summed E-state index contributed by atoms with van der Waals surface area (Å²) in [6.07, 6.45) is 4.45. The summed E-state index contributed by atoms with van der Waals surface area (Å²) < 4.78 is 5.72. The maximum atomic E-state index is 12.4. The van der Waals surface area contributed by atoms with Gasteiger partial charge < -0.3 is 9.64 Å². The Balaban J connectivity index is 1.51. The molecule has 2 aromatic rings. The van der Waals surface area contributed by atoms with Gasteiger partial charge in [0.2, 0.25) is 0 Å². The molecular formula is C21H23NO2. The number of amides is 1. The van der Waals surface area contributed by atoms with Crippen LogP contribution < -0.4 is 0 Å². The second kappa shape index (κ2) is 6.68. The van der Waals surface area contributed by atoms with Gasteiger partial charge in [-0.15, -0.1) is 0 Å². The standard InChI is InChI=1S/C21H23NO2/c23-21(22-13-7-1-2-8-14-22)24-15-20-18-11-5-3-9-16(18)17-10-4-6-12-19(17)20/h3-6,9-12,20H,1-2,7-8,13-15H2. The Labute approximate surface area is 143 Å². The Bertz CT molecular complexity index is 687. The normalized spacial score (nSPS) is 17.1. The Morgan fingerprint density at radius 3 is 2.00 bits per heavy atom. The second-order valence-electron chi connectivity index (χ2n) is 6.71. The van der Waals surface area contributed by atoms with Crippen molar-refractivity contribution in [2.45, 2.75) is 31.6 Å². The van der Waals surface area contributed by atoms with E-state index in [4.69, 9.17) is 4.74 Å². The number of carbonyl (C=O) groups excluding carboxylic acids is 1. The van der Waals surface area contributed by atoms with Crippen molar-refractivity contribution in [1.82, 2.24) is 4.90 Å². The molecule has 1 amide bonds. The number of carbonyl (C=O) groups is 1. The van der Waals surface area contributed by atoms with E-state index in [2.05, 4.69) is 48.5 Å². The number of nitrogens with zero attached hydrogens (tertiary/aromatic N) is 1. The zero-order valence-corrected chi connectivity index (χ0v) is 13.9. The van der Waals surface area contributed by atoms with Crippen LogP contribution >= 0.6 is 0 Å². The number of benzene rings is 2. The molecule has 1 saturated heterocycles. The lowest BCUT2D eigenvalue weighted by molar-refractivity contribution is 0.101. The highest BCUT2D eigenvalue weighted by molar-refractivity contribution is 5.79. The summed E-state index contributed by atoms with van der Waals surface area (Å²) in [7, 11) is 0. The van der Waals surface area contributed by atoms with Gasteiger partial charge in [-0.1, -0.05) is 61.4 Å². The fraction of sp³-hybridized carbons (Fsp3) is 0.381. The van der Waals surface area contributed by atoms with Gasteiger partial charge in [-0.3, -0.25) is 0 Å². The molecule has 0 saturated carbocycles. The fourth-order valence-corrected chi connectivity index (χ4v) is 3.94. The van der Waals surface area contributed by atoms with Crippen molar-refractivity contribution >= 4 is 6.09 Å². The van der Waals surface area contributed by atoms with Crippen LogP contribution in [0.2, 0.25) is 0 Å². The molecule has 0 bridgehead atoms. The molecule has 0 radical (unpaired) electrons. The molecule has 1 aliphatic heterocycles. The molecule has 1 fully saturated rings. The molecule has 4 rings (SSSR count). The largest absolute Gasteiger partial charge is 0.448 e. The quantitative estimate of drug-likeness (QED) is 0.794. The molecule has 2 aromatic carbocycles. The lowest BCUT2D eigenvalue weighted by Crippen LogP contribution is -2.33. The minimum atomic E-state index is -0.154. The van der Waals surface area contributed by atoms with E-state index in [1.165, 1.54) is 35.1 Å². The van der Waals surface area contributed by atoms with Gasteiger partial charge in [0.05, 0.1) is 0 Å². The van der Waals surface area contributed by atoms with E-state index in [-0.39, 0.29) is 12.0 Å². The summed E-state index contributed by atoms with van der Waals surface area (Å²) in [6.45, 7) is 2.08. The first-order chi connectivity index (χ1) is 11.8. The lowest BCUT2D eigenvalue weighted by atomic mass is 9.98.